The molecule has 32 heavy (non-hydrogen) atoms. The van der Waals surface area contributed by atoms with E-state index in [0.29, 0.717) is 37.5 Å². The number of carbonyl (C=O) groups excluding carboxylic acids is 2. The number of nitrogens with zero attached hydrogens (tertiary/aromatic N) is 1. The second-order valence-electron chi connectivity index (χ2n) is 9.16. The Hall–Kier alpha value is -1.97. The molecule has 4 unspecified atom stereocenters. The number of nitrogens with one attached hydrogen (secondary N) is 2. The molecule has 3 aliphatic rings. The third-order valence-electron chi connectivity index (χ3n) is 7.16. The Balaban J connectivity index is 1.26. The average Bonchev–Trinajstić information content (AvgIpc) is 3.35. The Morgan fingerprint density at radius 1 is 1.16 bits per heavy atom. The van der Waals surface area contributed by atoms with Gasteiger partial charge in [0.15, 0.2) is 0 Å². The van der Waals surface area contributed by atoms with Crippen LogP contribution in [0, 0.1) is 11.8 Å². The van der Waals surface area contributed by atoms with Crippen molar-refractivity contribution in [2.24, 2.45) is 11.8 Å². The number of amides is 2. The third kappa shape index (κ3) is 5.00. The molecule has 2 saturated heterocycles. The van der Waals surface area contributed by atoms with Gasteiger partial charge in [-0.15, -0.1) is 0 Å². The van der Waals surface area contributed by atoms with E-state index in [2.05, 4.69) is 10.6 Å². The van der Waals surface area contributed by atoms with Crippen LogP contribution < -0.4 is 10.6 Å². The van der Waals surface area contributed by atoms with E-state index in [4.69, 9.17) is 4.74 Å². The number of hydrogen-bond acceptors (Lipinski definition) is 5. The van der Waals surface area contributed by atoms with E-state index in [-0.39, 0.29) is 34.8 Å². The number of methoxy groups -OCH3 is 1. The van der Waals surface area contributed by atoms with Crippen molar-refractivity contribution in [1.82, 2.24) is 14.9 Å². The Kier molecular flexibility index (Phi) is 7.17. The summed E-state index contributed by atoms with van der Waals surface area (Å²) in [6.45, 7) is 1.50. The van der Waals surface area contributed by atoms with Gasteiger partial charge in [-0.3, -0.25) is 9.59 Å². The van der Waals surface area contributed by atoms with E-state index in [1.807, 2.05) is 0 Å². The van der Waals surface area contributed by atoms with Crippen LogP contribution in [0.4, 0.5) is 0 Å². The van der Waals surface area contributed by atoms with Gasteiger partial charge in [0.1, 0.15) is 0 Å². The molecular formula is C23H33N3O5S. The number of benzene rings is 1. The van der Waals surface area contributed by atoms with E-state index < -0.39 is 10.0 Å². The highest BCUT2D eigenvalue weighted by molar-refractivity contribution is 7.89. The highest BCUT2D eigenvalue weighted by Gasteiger charge is 2.39. The van der Waals surface area contributed by atoms with E-state index in [1.54, 1.807) is 19.2 Å². The minimum atomic E-state index is -3.48. The fourth-order valence-electron chi connectivity index (χ4n) is 5.21. The van der Waals surface area contributed by atoms with Crippen molar-refractivity contribution in [3.63, 3.8) is 0 Å². The van der Waals surface area contributed by atoms with Crippen LogP contribution in [0.1, 0.15) is 55.3 Å². The van der Waals surface area contributed by atoms with Gasteiger partial charge in [-0.1, -0.05) is 0 Å². The zero-order valence-electron chi connectivity index (χ0n) is 18.6. The van der Waals surface area contributed by atoms with Crippen LogP contribution in [0.25, 0.3) is 0 Å². The number of fused-ring (bicyclic) bond motifs is 1. The summed E-state index contributed by atoms with van der Waals surface area (Å²) in [5.74, 6) is 0.187. The van der Waals surface area contributed by atoms with Crippen molar-refractivity contribution in [3.05, 3.63) is 29.8 Å². The molecule has 1 aromatic carbocycles. The highest BCUT2D eigenvalue weighted by atomic mass is 32.2. The molecule has 0 aromatic heterocycles. The standard InChI is InChI=1S/C23H33N3O5S/c1-31-19-7-4-17-14-18(23(28)25-21(17)15-19)10-11-24-22(27)16-5-8-20(9-6-16)32(29,30)26-12-2-3-13-26/h5-6,8-9,17-19,21H,2-4,7,10-15H2,1H3,(H,24,27)(H,25,28). The molecule has 3 fully saturated rings. The van der Waals surface area contributed by atoms with Crippen molar-refractivity contribution in [2.45, 2.75) is 62.0 Å². The van der Waals surface area contributed by atoms with Crippen molar-refractivity contribution in [1.29, 1.82) is 0 Å². The molecule has 0 bridgehead atoms. The number of carbonyl (C=O) groups is 2. The SMILES string of the molecule is COC1CCC2CC(CCNC(=O)c3ccc(S(=O)(=O)N4CCCC4)cc3)C(=O)NC2C1. The van der Waals surface area contributed by atoms with Crippen LogP contribution in [0.15, 0.2) is 29.2 Å². The second kappa shape index (κ2) is 9.89. The van der Waals surface area contributed by atoms with Gasteiger partial charge in [-0.05, 0) is 75.1 Å². The Morgan fingerprint density at radius 2 is 1.88 bits per heavy atom. The lowest BCUT2D eigenvalue weighted by molar-refractivity contribution is -0.131. The van der Waals surface area contributed by atoms with E-state index in [9.17, 15) is 18.0 Å². The summed E-state index contributed by atoms with van der Waals surface area (Å²) in [6, 6.07) is 6.28. The maximum atomic E-state index is 12.6. The molecule has 2 N–H and O–H groups in total. The predicted molar refractivity (Wildman–Crippen MR) is 120 cm³/mol. The smallest absolute Gasteiger partial charge is 0.251 e. The number of rotatable bonds is 7. The molecular weight excluding hydrogens is 430 g/mol. The first-order valence-corrected chi connectivity index (χ1v) is 13.0. The maximum absolute atomic E-state index is 12.6. The third-order valence-corrected chi connectivity index (χ3v) is 9.07. The molecule has 4 atom stereocenters. The lowest BCUT2D eigenvalue weighted by Crippen LogP contribution is -2.53. The van der Waals surface area contributed by atoms with Crippen LogP contribution in [0.3, 0.4) is 0 Å². The molecule has 2 aliphatic heterocycles. The molecule has 176 valence electrons. The monoisotopic (exact) mass is 463 g/mol. The minimum absolute atomic E-state index is 0.0636. The number of ether oxygens (including phenoxy) is 1. The van der Waals surface area contributed by atoms with Gasteiger partial charge in [0.2, 0.25) is 15.9 Å². The van der Waals surface area contributed by atoms with Gasteiger partial charge < -0.3 is 15.4 Å². The number of hydrogen-bond donors (Lipinski definition) is 2. The first kappa shape index (κ1) is 23.2. The van der Waals surface area contributed by atoms with Gasteiger partial charge in [0.25, 0.3) is 5.91 Å². The topological polar surface area (TPSA) is 105 Å². The van der Waals surface area contributed by atoms with Crippen molar-refractivity contribution < 1.29 is 22.7 Å². The fourth-order valence-corrected chi connectivity index (χ4v) is 6.72. The van der Waals surface area contributed by atoms with Gasteiger partial charge >= 0.3 is 0 Å². The van der Waals surface area contributed by atoms with Gasteiger partial charge in [0, 0.05) is 44.3 Å². The first-order valence-electron chi connectivity index (χ1n) is 11.6. The fraction of sp³-hybridized carbons (Fsp3) is 0.652. The van der Waals surface area contributed by atoms with Crippen LogP contribution >= 0.6 is 0 Å². The molecule has 2 heterocycles. The predicted octanol–water partition coefficient (Wildman–Crippen LogP) is 1.91. The average molecular weight is 464 g/mol. The Bertz CT molecular complexity index is 927. The molecule has 4 rings (SSSR count). The van der Waals surface area contributed by atoms with Crippen LogP contribution in [-0.4, -0.2) is 63.4 Å². The van der Waals surface area contributed by atoms with Crippen LogP contribution in [0.2, 0.25) is 0 Å². The minimum Gasteiger partial charge on any atom is -0.381 e. The number of sulfonamides is 1. The van der Waals surface area contributed by atoms with Crippen molar-refractivity contribution >= 4 is 21.8 Å². The summed E-state index contributed by atoms with van der Waals surface area (Å²) in [5, 5.41) is 6.02. The summed E-state index contributed by atoms with van der Waals surface area (Å²) in [4.78, 5) is 25.2. The van der Waals surface area contributed by atoms with E-state index in [0.717, 1.165) is 38.5 Å². The number of piperidine rings is 1. The largest absolute Gasteiger partial charge is 0.381 e. The summed E-state index contributed by atoms with van der Waals surface area (Å²) in [5.41, 5.74) is 0.413. The van der Waals surface area contributed by atoms with E-state index in [1.165, 1.54) is 16.4 Å². The van der Waals surface area contributed by atoms with Crippen LogP contribution in [0.5, 0.6) is 0 Å². The zero-order chi connectivity index (χ0) is 22.7. The molecule has 1 aromatic rings. The lowest BCUT2D eigenvalue weighted by atomic mass is 9.74. The molecule has 0 spiro atoms. The van der Waals surface area contributed by atoms with E-state index >= 15 is 0 Å². The second-order valence-corrected chi connectivity index (χ2v) is 11.1. The normalized spacial score (nSPS) is 28.7. The molecule has 1 saturated carbocycles. The van der Waals surface area contributed by atoms with Gasteiger partial charge in [0.05, 0.1) is 11.0 Å². The molecule has 8 nitrogen and oxygen atoms in total. The summed E-state index contributed by atoms with van der Waals surface area (Å²) in [6.07, 6.45) is 6.40. The quantitative estimate of drug-likeness (QED) is 0.643. The van der Waals surface area contributed by atoms with Crippen LogP contribution in [-0.2, 0) is 19.6 Å². The molecule has 9 heteroatoms. The molecule has 0 radical (unpaired) electrons. The summed E-state index contributed by atoms with van der Waals surface area (Å²) < 4.78 is 32.2. The highest BCUT2D eigenvalue weighted by Crippen LogP contribution is 2.35. The van der Waals surface area contributed by atoms with Gasteiger partial charge in [-0.2, -0.15) is 4.31 Å². The first-order chi connectivity index (χ1) is 15.4. The van der Waals surface area contributed by atoms with Crippen molar-refractivity contribution in [2.75, 3.05) is 26.7 Å². The summed E-state index contributed by atoms with van der Waals surface area (Å²) >= 11 is 0. The summed E-state index contributed by atoms with van der Waals surface area (Å²) in [7, 11) is -1.76. The Morgan fingerprint density at radius 3 is 2.56 bits per heavy atom. The maximum Gasteiger partial charge on any atom is 0.251 e. The van der Waals surface area contributed by atoms with Crippen molar-refractivity contribution in [3.8, 4) is 0 Å². The Labute approximate surface area is 190 Å². The zero-order valence-corrected chi connectivity index (χ0v) is 19.4. The van der Waals surface area contributed by atoms with Gasteiger partial charge in [-0.25, -0.2) is 8.42 Å². The molecule has 2 amide bonds. The molecule has 1 aliphatic carbocycles. The lowest BCUT2D eigenvalue weighted by Gasteiger charge is -2.41.